The van der Waals surface area contributed by atoms with E-state index < -0.39 is 11.6 Å². The maximum absolute atomic E-state index is 12.6. The van der Waals surface area contributed by atoms with Crippen LogP contribution < -0.4 is 10.6 Å². The summed E-state index contributed by atoms with van der Waals surface area (Å²) in [5.74, 6) is -0.338. The number of amides is 2. The fourth-order valence-electron chi connectivity index (χ4n) is 2.85. The molecule has 1 aromatic carbocycles. The number of aromatic amines is 1. The molecule has 0 radical (unpaired) electrons. The molecule has 0 spiro atoms. The van der Waals surface area contributed by atoms with Crippen molar-refractivity contribution in [1.29, 1.82) is 5.26 Å². The molecule has 1 atom stereocenters. The van der Waals surface area contributed by atoms with Gasteiger partial charge in [-0.15, -0.1) is 0 Å². The van der Waals surface area contributed by atoms with E-state index in [1.165, 1.54) is 0 Å². The summed E-state index contributed by atoms with van der Waals surface area (Å²) in [6.07, 6.45) is 3.67. The third kappa shape index (κ3) is 3.82. The van der Waals surface area contributed by atoms with Gasteiger partial charge in [0.05, 0.1) is 6.07 Å². The van der Waals surface area contributed by atoms with Crippen LogP contribution >= 0.6 is 0 Å². The van der Waals surface area contributed by atoms with Crippen LogP contribution in [0.5, 0.6) is 0 Å². The smallest absolute Gasteiger partial charge is 0.251 e. The number of rotatable bonds is 6. The molecule has 1 heterocycles. The van der Waals surface area contributed by atoms with Crippen LogP contribution in [-0.4, -0.2) is 28.4 Å². The second-order valence-corrected chi connectivity index (χ2v) is 7.12. The molecular formula is C19H22N4O2. The van der Waals surface area contributed by atoms with Gasteiger partial charge in [-0.05, 0) is 49.4 Å². The zero-order valence-electron chi connectivity index (χ0n) is 14.4. The van der Waals surface area contributed by atoms with Crippen LogP contribution in [0.3, 0.4) is 0 Å². The lowest BCUT2D eigenvalue weighted by Gasteiger charge is -2.21. The summed E-state index contributed by atoms with van der Waals surface area (Å²) in [5.41, 5.74) is 0.731. The Morgan fingerprint density at radius 2 is 2.08 bits per heavy atom. The van der Waals surface area contributed by atoms with Crippen molar-refractivity contribution < 1.29 is 9.59 Å². The van der Waals surface area contributed by atoms with Gasteiger partial charge in [-0.1, -0.05) is 13.8 Å². The van der Waals surface area contributed by atoms with E-state index in [1.54, 1.807) is 12.1 Å². The van der Waals surface area contributed by atoms with Crippen molar-refractivity contribution in [1.82, 2.24) is 15.6 Å². The van der Waals surface area contributed by atoms with Gasteiger partial charge in [0, 0.05) is 22.7 Å². The highest BCUT2D eigenvalue weighted by Gasteiger charge is 2.45. The third-order valence-electron chi connectivity index (χ3n) is 4.47. The lowest BCUT2D eigenvalue weighted by molar-refractivity contribution is -0.123. The van der Waals surface area contributed by atoms with E-state index in [2.05, 4.69) is 21.7 Å². The highest BCUT2D eigenvalue weighted by Crippen LogP contribution is 2.34. The number of aromatic nitrogens is 1. The molecule has 1 unspecified atom stereocenters. The van der Waals surface area contributed by atoms with Gasteiger partial charge in [-0.2, -0.15) is 5.26 Å². The number of nitrogens with one attached hydrogen (secondary N) is 3. The molecule has 3 N–H and O–H groups in total. The van der Waals surface area contributed by atoms with Crippen LogP contribution in [0.15, 0.2) is 30.5 Å². The summed E-state index contributed by atoms with van der Waals surface area (Å²) in [6, 6.07) is 8.76. The standard InChI is InChI=1S/C19H22N4O2/c1-12(2)9-16(18(25)23-19(11-20)6-7-19)22-17(24)14-3-4-15-13(10-14)5-8-21-15/h3-5,8,10,12,16,21H,6-7,9H2,1-2H3,(H,22,24)(H,23,25). The van der Waals surface area contributed by atoms with E-state index in [4.69, 9.17) is 5.26 Å². The van der Waals surface area contributed by atoms with Gasteiger partial charge >= 0.3 is 0 Å². The lowest BCUT2D eigenvalue weighted by Crippen LogP contribution is -2.50. The predicted octanol–water partition coefficient (Wildman–Crippen LogP) is 2.48. The number of nitriles is 1. The van der Waals surface area contributed by atoms with Gasteiger partial charge in [0.15, 0.2) is 0 Å². The largest absolute Gasteiger partial charge is 0.361 e. The first-order valence-electron chi connectivity index (χ1n) is 8.54. The zero-order chi connectivity index (χ0) is 18.0. The van der Waals surface area contributed by atoms with E-state index >= 15 is 0 Å². The monoisotopic (exact) mass is 338 g/mol. The molecule has 1 aliphatic carbocycles. The number of nitrogens with zero attached hydrogens (tertiary/aromatic N) is 1. The molecule has 0 aliphatic heterocycles. The van der Waals surface area contributed by atoms with Crippen molar-refractivity contribution in [3.8, 4) is 6.07 Å². The van der Waals surface area contributed by atoms with E-state index in [9.17, 15) is 9.59 Å². The molecule has 1 fully saturated rings. The topological polar surface area (TPSA) is 97.8 Å². The van der Waals surface area contributed by atoms with Crippen LogP contribution in [-0.2, 0) is 4.79 Å². The summed E-state index contributed by atoms with van der Waals surface area (Å²) >= 11 is 0. The Balaban J connectivity index is 1.73. The Kier molecular flexibility index (Phi) is 4.49. The van der Waals surface area contributed by atoms with Gasteiger partial charge in [-0.3, -0.25) is 9.59 Å². The molecule has 3 rings (SSSR count). The number of carbonyl (C=O) groups excluding carboxylic acids is 2. The summed E-state index contributed by atoms with van der Waals surface area (Å²) in [6.45, 7) is 3.99. The molecule has 130 valence electrons. The second kappa shape index (κ2) is 6.60. The fourth-order valence-corrected chi connectivity index (χ4v) is 2.85. The van der Waals surface area contributed by atoms with Crippen molar-refractivity contribution in [3.05, 3.63) is 36.0 Å². The average Bonchev–Trinajstić information content (AvgIpc) is 3.18. The number of benzene rings is 1. The van der Waals surface area contributed by atoms with Crippen LogP contribution in [0, 0.1) is 17.2 Å². The molecule has 25 heavy (non-hydrogen) atoms. The quantitative estimate of drug-likeness (QED) is 0.754. The maximum atomic E-state index is 12.6. The van der Waals surface area contributed by atoms with Crippen LogP contribution in [0.1, 0.15) is 43.5 Å². The number of hydrogen-bond acceptors (Lipinski definition) is 3. The third-order valence-corrected chi connectivity index (χ3v) is 4.47. The van der Waals surface area contributed by atoms with Gasteiger partial charge in [0.1, 0.15) is 11.6 Å². The lowest BCUT2D eigenvalue weighted by atomic mass is 10.0. The molecule has 2 amide bonds. The molecular weight excluding hydrogens is 316 g/mol. The van der Waals surface area contributed by atoms with E-state index in [-0.39, 0.29) is 17.7 Å². The average molecular weight is 338 g/mol. The maximum Gasteiger partial charge on any atom is 0.251 e. The zero-order valence-corrected chi connectivity index (χ0v) is 14.4. The molecule has 6 nitrogen and oxygen atoms in total. The minimum atomic E-state index is -0.735. The number of fused-ring (bicyclic) bond motifs is 1. The van der Waals surface area contributed by atoms with Crippen molar-refractivity contribution in [3.63, 3.8) is 0 Å². The first-order valence-corrected chi connectivity index (χ1v) is 8.54. The molecule has 1 saturated carbocycles. The minimum Gasteiger partial charge on any atom is -0.361 e. The van der Waals surface area contributed by atoms with Crippen LogP contribution in [0.2, 0.25) is 0 Å². The van der Waals surface area contributed by atoms with Crippen molar-refractivity contribution in [2.24, 2.45) is 5.92 Å². The summed E-state index contributed by atoms with van der Waals surface area (Å²) in [5, 5.41) is 15.7. The van der Waals surface area contributed by atoms with E-state index in [0.29, 0.717) is 24.8 Å². The first-order chi connectivity index (χ1) is 11.9. The number of H-pyrrole nitrogens is 1. The molecule has 6 heteroatoms. The fraction of sp³-hybridized carbons (Fsp3) is 0.421. The summed E-state index contributed by atoms with van der Waals surface area (Å²) in [7, 11) is 0. The normalized spacial score (nSPS) is 16.2. The molecule has 1 aromatic heterocycles. The van der Waals surface area contributed by atoms with E-state index in [1.807, 2.05) is 32.2 Å². The predicted molar refractivity (Wildman–Crippen MR) is 94.7 cm³/mol. The highest BCUT2D eigenvalue weighted by atomic mass is 16.2. The van der Waals surface area contributed by atoms with Gasteiger partial charge in [0.25, 0.3) is 5.91 Å². The molecule has 1 aliphatic rings. The van der Waals surface area contributed by atoms with Crippen molar-refractivity contribution in [2.45, 2.75) is 44.7 Å². The molecule has 0 saturated heterocycles. The Morgan fingerprint density at radius 1 is 1.32 bits per heavy atom. The molecule has 0 bridgehead atoms. The molecule has 2 aromatic rings. The number of hydrogen-bond donors (Lipinski definition) is 3. The Labute approximate surface area is 146 Å². The first kappa shape index (κ1) is 17.0. The van der Waals surface area contributed by atoms with E-state index in [0.717, 1.165) is 10.9 Å². The Hall–Kier alpha value is -2.81. The van der Waals surface area contributed by atoms with Crippen LogP contribution in [0.25, 0.3) is 10.9 Å². The van der Waals surface area contributed by atoms with Gasteiger partial charge in [0.2, 0.25) is 5.91 Å². The highest BCUT2D eigenvalue weighted by molar-refractivity contribution is 6.00. The van der Waals surface area contributed by atoms with Gasteiger partial charge in [-0.25, -0.2) is 0 Å². The summed E-state index contributed by atoms with van der Waals surface area (Å²) < 4.78 is 0. The SMILES string of the molecule is CC(C)CC(NC(=O)c1ccc2[nH]ccc2c1)C(=O)NC1(C#N)CC1. The Bertz CT molecular complexity index is 842. The minimum absolute atomic E-state index is 0.237. The second-order valence-electron chi connectivity index (χ2n) is 7.12. The van der Waals surface area contributed by atoms with Crippen molar-refractivity contribution in [2.75, 3.05) is 0 Å². The Morgan fingerprint density at radius 3 is 2.72 bits per heavy atom. The van der Waals surface area contributed by atoms with Gasteiger partial charge < -0.3 is 15.6 Å². The van der Waals surface area contributed by atoms with Crippen LogP contribution in [0.4, 0.5) is 0 Å². The number of carbonyl (C=O) groups is 2. The van der Waals surface area contributed by atoms with Crippen molar-refractivity contribution >= 4 is 22.7 Å². The summed E-state index contributed by atoms with van der Waals surface area (Å²) in [4.78, 5) is 28.2.